The molecule has 140 valence electrons. The predicted molar refractivity (Wildman–Crippen MR) is 103 cm³/mol. The third kappa shape index (κ3) is 3.77. The molecule has 1 N–H and O–H groups in total. The quantitative estimate of drug-likeness (QED) is 0.604. The van der Waals surface area contributed by atoms with Gasteiger partial charge in [-0.1, -0.05) is 18.2 Å². The first-order valence-electron chi connectivity index (χ1n) is 8.40. The molecule has 0 saturated carbocycles. The molecule has 0 atom stereocenters. The van der Waals surface area contributed by atoms with E-state index in [4.69, 9.17) is 4.74 Å². The number of carbonyl (C=O) groups is 2. The van der Waals surface area contributed by atoms with E-state index in [1.165, 1.54) is 10.9 Å². The number of esters is 1. The van der Waals surface area contributed by atoms with Crippen LogP contribution in [-0.2, 0) is 11.3 Å². The van der Waals surface area contributed by atoms with Gasteiger partial charge in [0.2, 0.25) is 0 Å². The van der Waals surface area contributed by atoms with Crippen LogP contribution in [0.4, 0.5) is 5.82 Å². The summed E-state index contributed by atoms with van der Waals surface area (Å²) < 4.78 is 8.70. The highest BCUT2D eigenvalue weighted by molar-refractivity contribution is 9.10. The van der Waals surface area contributed by atoms with Crippen LogP contribution >= 0.6 is 15.9 Å². The minimum absolute atomic E-state index is 0.174. The monoisotopic (exact) mass is 431 g/mol. The van der Waals surface area contributed by atoms with Gasteiger partial charge in [-0.15, -0.1) is 0 Å². The fourth-order valence-corrected chi connectivity index (χ4v) is 3.06. The number of aromatic nitrogens is 4. The van der Waals surface area contributed by atoms with Crippen molar-refractivity contribution in [3.8, 4) is 5.69 Å². The van der Waals surface area contributed by atoms with E-state index in [1.807, 2.05) is 37.3 Å². The van der Waals surface area contributed by atoms with Crippen LogP contribution in [0.25, 0.3) is 5.69 Å². The number of rotatable bonds is 6. The molecule has 3 rings (SSSR count). The molecular weight excluding hydrogens is 414 g/mol. The summed E-state index contributed by atoms with van der Waals surface area (Å²) in [5, 5.41) is 11.2. The molecule has 0 fully saturated rings. The van der Waals surface area contributed by atoms with E-state index >= 15 is 0 Å². The maximum absolute atomic E-state index is 12.9. The van der Waals surface area contributed by atoms with Crippen molar-refractivity contribution in [3.05, 3.63) is 58.5 Å². The Hall–Kier alpha value is -2.94. The summed E-state index contributed by atoms with van der Waals surface area (Å²) in [6.45, 7) is 4.34. The highest BCUT2D eigenvalue weighted by Gasteiger charge is 2.24. The molecule has 0 spiro atoms. The van der Waals surface area contributed by atoms with Crippen LogP contribution in [0.3, 0.4) is 0 Å². The lowest BCUT2D eigenvalue weighted by Gasteiger charge is -2.12. The van der Waals surface area contributed by atoms with Gasteiger partial charge in [-0.2, -0.15) is 10.2 Å². The van der Waals surface area contributed by atoms with E-state index in [-0.39, 0.29) is 18.0 Å². The Morgan fingerprint density at radius 2 is 1.89 bits per heavy atom. The Balaban J connectivity index is 2.04. The van der Waals surface area contributed by atoms with Crippen LogP contribution in [-0.4, -0.2) is 38.0 Å². The molecule has 0 bridgehead atoms. The fourth-order valence-electron chi connectivity index (χ4n) is 2.59. The van der Waals surface area contributed by atoms with Gasteiger partial charge in [0.05, 0.1) is 29.2 Å². The second-order valence-electron chi connectivity index (χ2n) is 5.49. The van der Waals surface area contributed by atoms with E-state index in [1.54, 1.807) is 17.8 Å². The van der Waals surface area contributed by atoms with Gasteiger partial charge >= 0.3 is 5.97 Å². The molecule has 0 aliphatic rings. The molecule has 0 radical (unpaired) electrons. The molecule has 0 aliphatic carbocycles. The Morgan fingerprint density at radius 3 is 2.56 bits per heavy atom. The zero-order valence-corrected chi connectivity index (χ0v) is 16.4. The molecule has 2 aromatic heterocycles. The number of aryl methyl sites for hydroxylation is 1. The van der Waals surface area contributed by atoms with Crippen molar-refractivity contribution in [3.63, 3.8) is 0 Å². The number of nitrogens with zero attached hydrogens (tertiary/aromatic N) is 4. The zero-order chi connectivity index (χ0) is 19.4. The molecule has 1 aromatic carbocycles. The van der Waals surface area contributed by atoms with Crippen molar-refractivity contribution in [2.24, 2.45) is 0 Å². The van der Waals surface area contributed by atoms with Gasteiger partial charge in [-0.3, -0.25) is 9.48 Å². The predicted octanol–water partition coefficient (Wildman–Crippen LogP) is 3.28. The van der Waals surface area contributed by atoms with Crippen LogP contribution in [0.15, 0.2) is 47.2 Å². The number of ether oxygens (including phenoxy) is 1. The highest BCUT2D eigenvalue weighted by atomic mass is 79.9. The second kappa shape index (κ2) is 8.17. The van der Waals surface area contributed by atoms with Gasteiger partial charge in [0.25, 0.3) is 5.91 Å². The van der Waals surface area contributed by atoms with Crippen molar-refractivity contribution in [1.29, 1.82) is 0 Å². The summed E-state index contributed by atoms with van der Waals surface area (Å²) in [4.78, 5) is 25.2. The number of amides is 1. The SMILES string of the molecule is CCOC(=O)c1cnn(-c2ccccc2)c1NC(=O)c1c(Br)cnn1CC. The molecule has 9 heteroatoms. The molecule has 0 saturated heterocycles. The van der Waals surface area contributed by atoms with Gasteiger partial charge in [0, 0.05) is 6.54 Å². The van der Waals surface area contributed by atoms with Crippen molar-refractivity contribution >= 4 is 33.6 Å². The molecule has 1 amide bonds. The number of benzene rings is 1. The number of para-hydroxylation sites is 1. The molecular formula is C18H18BrN5O3. The third-order valence-corrected chi connectivity index (χ3v) is 4.39. The number of nitrogens with one attached hydrogen (secondary N) is 1. The van der Waals surface area contributed by atoms with E-state index in [9.17, 15) is 9.59 Å². The van der Waals surface area contributed by atoms with E-state index in [0.717, 1.165) is 0 Å². The van der Waals surface area contributed by atoms with Crippen molar-refractivity contribution in [1.82, 2.24) is 19.6 Å². The number of hydrogen-bond donors (Lipinski definition) is 1. The van der Waals surface area contributed by atoms with E-state index < -0.39 is 11.9 Å². The maximum Gasteiger partial charge on any atom is 0.343 e. The Bertz CT molecular complexity index is 965. The van der Waals surface area contributed by atoms with E-state index in [0.29, 0.717) is 22.4 Å². The van der Waals surface area contributed by atoms with Gasteiger partial charge in [0.15, 0.2) is 5.82 Å². The lowest BCUT2D eigenvalue weighted by molar-refractivity contribution is 0.0527. The summed E-state index contributed by atoms with van der Waals surface area (Å²) in [6, 6.07) is 9.20. The first kappa shape index (κ1) is 18.8. The smallest absolute Gasteiger partial charge is 0.343 e. The first-order chi connectivity index (χ1) is 13.1. The Morgan fingerprint density at radius 1 is 1.15 bits per heavy atom. The topological polar surface area (TPSA) is 91.0 Å². The highest BCUT2D eigenvalue weighted by Crippen LogP contribution is 2.24. The molecule has 0 unspecified atom stereocenters. The summed E-state index contributed by atoms with van der Waals surface area (Å²) in [6.07, 6.45) is 2.94. The lowest BCUT2D eigenvalue weighted by Crippen LogP contribution is -2.21. The third-order valence-electron chi connectivity index (χ3n) is 3.81. The summed E-state index contributed by atoms with van der Waals surface area (Å²) in [7, 11) is 0. The average Bonchev–Trinajstić information content (AvgIpc) is 3.26. The van der Waals surface area contributed by atoms with Crippen LogP contribution in [0.1, 0.15) is 34.7 Å². The summed E-state index contributed by atoms with van der Waals surface area (Å²) in [5.74, 6) is -0.733. The van der Waals surface area contributed by atoms with E-state index in [2.05, 4.69) is 31.4 Å². The Labute approximate surface area is 164 Å². The molecule has 8 nitrogen and oxygen atoms in total. The van der Waals surface area contributed by atoms with Crippen LogP contribution in [0.2, 0.25) is 0 Å². The van der Waals surface area contributed by atoms with Crippen molar-refractivity contribution in [2.45, 2.75) is 20.4 Å². The number of halogens is 1. The number of carbonyl (C=O) groups excluding carboxylic acids is 2. The molecule has 27 heavy (non-hydrogen) atoms. The molecule has 2 heterocycles. The van der Waals surface area contributed by atoms with Crippen LogP contribution in [0.5, 0.6) is 0 Å². The second-order valence-corrected chi connectivity index (χ2v) is 6.34. The Kier molecular flexibility index (Phi) is 5.70. The summed E-state index contributed by atoms with van der Waals surface area (Å²) in [5.41, 5.74) is 1.23. The molecule has 3 aromatic rings. The summed E-state index contributed by atoms with van der Waals surface area (Å²) >= 11 is 3.34. The van der Waals surface area contributed by atoms with Gasteiger partial charge in [0.1, 0.15) is 11.3 Å². The standard InChI is InChI=1S/C18H18BrN5O3/c1-3-23-15(14(19)11-20-23)17(25)22-16-13(18(26)27-4-2)10-21-24(16)12-8-6-5-7-9-12/h5-11H,3-4H2,1-2H3,(H,22,25). The maximum atomic E-state index is 12.9. The fraction of sp³-hybridized carbons (Fsp3) is 0.222. The number of anilines is 1. The van der Waals surface area contributed by atoms with Gasteiger partial charge < -0.3 is 10.1 Å². The van der Waals surface area contributed by atoms with Crippen LogP contribution in [0, 0.1) is 0 Å². The minimum atomic E-state index is -0.557. The molecule has 0 aliphatic heterocycles. The number of hydrogen-bond acceptors (Lipinski definition) is 5. The van der Waals surface area contributed by atoms with Crippen LogP contribution < -0.4 is 5.32 Å². The lowest BCUT2D eigenvalue weighted by atomic mass is 10.3. The van der Waals surface area contributed by atoms with Crippen molar-refractivity contribution in [2.75, 3.05) is 11.9 Å². The first-order valence-corrected chi connectivity index (χ1v) is 9.19. The van der Waals surface area contributed by atoms with Gasteiger partial charge in [-0.05, 0) is 41.9 Å². The minimum Gasteiger partial charge on any atom is -0.462 e. The van der Waals surface area contributed by atoms with Crippen molar-refractivity contribution < 1.29 is 14.3 Å². The van der Waals surface area contributed by atoms with Gasteiger partial charge in [-0.25, -0.2) is 9.48 Å². The zero-order valence-electron chi connectivity index (χ0n) is 14.8. The average molecular weight is 432 g/mol. The normalized spacial score (nSPS) is 10.6. The largest absolute Gasteiger partial charge is 0.462 e.